The molecule has 1 aromatic rings. The number of benzene rings is 1. The molecule has 2 atom stereocenters. The lowest BCUT2D eigenvalue weighted by Crippen LogP contribution is -2.70. The van der Waals surface area contributed by atoms with Crippen LogP contribution in [0.4, 0.5) is 4.79 Å². The first-order valence-electron chi connectivity index (χ1n) is 12.1. The highest BCUT2D eigenvalue weighted by Crippen LogP contribution is 2.57. The van der Waals surface area contributed by atoms with Crippen LogP contribution in [0, 0.1) is 5.41 Å². The number of nitrogens with one attached hydrogen (secondary N) is 1. The van der Waals surface area contributed by atoms with Gasteiger partial charge >= 0.3 is 6.09 Å². The van der Waals surface area contributed by atoms with E-state index >= 15 is 0 Å². The highest BCUT2D eigenvalue weighted by atomic mass is 16.7. The van der Waals surface area contributed by atoms with Gasteiger partial charge < -0.3 is 19.9 Å². The minimum atomic E-state index is -0.546. The van der Waals surface area contributed by atoms with Crippen molar-refractivity contribution in [2.24, 2.45) is 5.41 Å². The Hall–Kier alpha value is -2.65. The molecule has 1 saturated carbocycles. The van der Waals surface area contributed by atoms with Gasteiger partial charge in [-0.25, -0.2) is 4.79 Å². The van der Waals surface area contributed by atoms with Crippen LogP contribution in [0.1, 0.15) is 45.6 Å². The number of piperidine rings is 1. The van der Waals surface area contributed by atoms with Crippen molar-refractivity contribution in [1.29, 1.82) is 0 Å². The van der Waals surface area contributed by atoms with Crippen molar-refractivity contribution in [3.63, 3.8) is 0 Å². The molecule has 1 aromatic carbocycles. The molecular weight excluding hydrogens is 436 g/mol. The van der Waals surface area contributed by atoms with Gasteiger partial charge in [-0.05, 0) is 51.0 Å². The van der Waals surface area contributed by atoms with Crippen molar-refractivity contribution in [2.45, 2.75) is 70.4 Å². The molecule has 5 rings (SSSR count). The second-order valence-corrected chi connectivity index (χ2v) is 11.1. The van der Waals surface area contributed by atoms with Gasteiger partial charge in [0.1, 0.15) is 18.2 Å². The third-order valence-corrected chi connectivity index (χ3v) is 7.33. The molecule has 1 aliphatic carbocycles. The van der Waals surface area contributed by atoms with Gasteiger partial charge in [0.25, 0.3) is 0 Å². The Morgan fingerprint density at radius 3 is 2.47 bits per heavy atom. The Labute approximate surface area is 200 Å². The molecule has 184 valence electrons. The molecule has 9 nitrogen and oxygen atoms in total. The van der Waals surface area contributed by atoms with Crippen molar-refractivity contribution in [3.8, 4) is 0 Å². The van der Waals surface area contributed by atoms with Crippen LogP contribution in [-0.4, -0.2) is 82.7 Å². The third kappa shape index (κ3) is 4.63. The summed E-state index contributed by atoms with van der Waals surface area (Å²) in [5, 5.41) is 4.91. The number of amides is 3. The van der Waals surface area contributed by atoms with E-state index in [4.69, 9.17) is 9.57 Å². The van der Waals surface area contributed by atoms with E-state index in [0.717, 1.165) is 18.4 Å². The standard InChI is InChI=1S/C25H34N4O5/c1-24(2,3)34-23(32)27-12-18(13-27)26-22(31)19-11-25(9-10-25)20-14-28(19)21(30)15-29(20)33-16-17-7-5-4-6-8-17/h4-8,18-20H,9-16H2,1-3H3,(H,26,31)/t19-,20?/m0/s1. The van der Waals surface area contributed by atoms with E-state index in [1.807, 2.05) is 56.2 Å². The van der Waals surface area contributed by atoms with E-state index in [1.54, 1.807) is 9.80 Å². The lowest BCUT2D eigenvalue weighted by Gasteiger charge is -2.51. The smallest absolute Gasteiger partial charge is 0.410 e. The Bertz CT molecular complexity index is 952. The summed E-state index contributed by atoms with van der Waals surface area (Å²) in [5.41, 5.74) is 0.546. The average Bonchev–Trinajstić information content (AvgIpc) is 3.52. The molecule has 3 heterocycles. The molecule has 3 saturated heterocycles. The lowest BCUT2D eigenvalue weighted by atomic mass is 9.81. The van der Waals surface area contributed by atoms with Crippen LogP contribution >= 0.6 is 0 Å². The number of rotatable bonds is 5. The van der Waals surface area contributed by atoms with Crippen LogP contribution in [0.25, 0.3) is 0 Å². The molecule has 3 amide bonds. The summed E-state index contributed by atoms with van der Waals surface area (Å²) in [7, 11) is 0. The number of hydroxylamine groups is 2. The summed E-state index contributed by atoms with van der Waals surface area (Å²) < 4.78 is 5.38. The highest BCUT2D eigenvalue weighted by Gasteiger charge is 2.61. The van der Waals surface area contributed by atoms with Gasteiger partial charge in [-0.15, -0.1) is 0 Å². The molecule has 34 heavy (non-hydrogen) atoms. The third-order valence-electron chi connectivity index (χ3n) is 7.33. The Morgan fingerprint density at radius 2 is 1.82 bits per heavy atom. The predicted octanol–water partition coefficient (Wildman–Crippen LogP) is 1.92. The number of fused-ring (bicyclic) bond motifs is 3. The summed E-state index contributed by atoms with van der Waals surface area (Å²) in [4.78, 5) is 47.7. The quantitative estimate of drug-likeness (QED) is 0.707. The SMILES string of the molecule is CC(C)(C)OC(=O)N1CC(NC(=O)[C@@H]2CC3(CC3)C3CN2C(=O)CN3OCc2ccccc2)C1. The fourth-order valence-electron chi connectivity index (χ4n) is 5.29. The van der Waals surface area contributed by atoms with E-state index in [9.17, 15) is 14.4 Å². The zero-order chi connectivity index (χ0) is 24.1. The van der Waals surface area contributed by atoms with Crippen molar-refractivity contribution in [1.82, 2.24) is 20.2 Å². The summed E-state index contributed by atoms with van der Waals surface area (Å²) in [6, 6.07) is 9.48. The Morgan fingerprint density at radius 1 is 1.12 bits per heavy atom. The summed E-state index contributed by atoms with van der Waals surface area (Å²) in [6.45, 7) is 7.46. The van der Waals surface area contributed by atoms with E-state index in [-0.39, 0.29) is 42.0 Å². The number of carbonyl (C=O) groups excluding carboxylic acids is 3. The minimum Gasteiger partial charge on any atom is -0.444 e. The van der Waals surface area contributed by atoms with Gasteiger partial charge in [0.05, 0.1) is 18.7 Å². The fourth-order valence-corrected chi connectivity index (χ4v) is 5.29. The van der Waals surface area contributed by atoms with Crippen molar-refractivity contribution in [2.75, 3.05) is 26.2 Å². The molecular formula is C25H34N4O5. The van der Waals surface area contributed by atoms with Gasteiger partial charge in [-0.2, -0.15) is 5.06 Å². The van der Waals surface area contributed by atoms with Crippen molar-refractivity contribution in [3.05, 3.63) is 35.9 Å². The molecule has 1 spiro atoms. The van der Waals surface area contributed by atoms with E-state index in [1.165, 1.54) is 0 Å². The summed E-state index contributed by atoms with van der Waals surface area (Å²) in [5.74, 6) is -0.200. The van der Waals surface area contributed by atoms with E-state index < -0.39 is 11.6 Å². The van der Waals surface area contributed by atoms with Crippen LogP contribution in [0.3, 0.4) is 0 Å². The van der Waals surface area contributed by atoms with Crippen LogP contribution < -0.4 is 5.32 Å². The summed E-state index contributed by atoms with van der Waals surface area (Å²) >= 11 is 0. The molecule has 1 N–H and O–H groups in total. The second kappa shape index (κ2) is 8.53. The Kier molecular flexibility index (Phi) is 5.80. The van der Waals surface area contributed by atoms with Gasteiger partial charge in [-0.3, -0.25) is 14.4 Å². The normalized spacial score (nSPS) is 26.3. The first-order valence-corrected chi connectivity index (χ1v) is 12.1. The molecule has 4 fully saturated rings. The first kappa shape index (κ1) is 23.1. The van der Waals surface area contributed by atoms with Crippen LogP contribution in [0.2, 0.25) is 0 Å². The van der Waals surface area contributed by atoms with E-state index in [0.29, 0.717) is 32.7 Å². The number of hydrogen-bond acceptors (Lipinski definition) is 6. The Balaban J connectivity index is 1.17. The molecule has 1 unspecified atom stereocenters. The molecule has 0 aromatic heterocycles. The molecule has 4 aliphatic rings. The van der Waals surface area contributed by atoms with Crippen LogP contribution in [-0.2, 0) is 25.8 Å². The zero-order valence-electron chi connectivity index (χ0n) is 20.2. The molecule has 3 aliphatic heterocycles. The molecule has 0 radical (unpaired) electrons. The highest BCUT2D eigenvalue weighted by molar-refractivity contribution is 5.90. The van der Waals surface area contributed by atoms with E-state index in [2.05, 4.69) is 5.32 Å². The minimum absolute atomic E-state index is 0.0259. The summed E-state index contributed by atoms with van der Waals surface area (Å²) in [6.07, 6.45) is 2.38. The largest absolute Gasteiger partial charge is 0.444 e. The average molecular weight is 471 g/mol. The van der Waals surface area contributed by atoms with Crippen LogP contribution in [0.15, 0.2) is 30.3 Å². The van der Waals surface area contributed by atoms with Crippen LogP contribution in [0.5, 0.6) is 0 Å². The van der Waals surface area contributed by atoms with Crippen molar-refractivity contribution >= 4 is 17.9 Å². The number of piperazine rings is 1. The molecule has 9 heteroatoms. The second-order valence-electron chi connectivity index (χ2n) is 11.1. The maximum absolute atomic E-state index is 13.2. The maximum Gasteiger partial charge on any atom is 0.410 e. The number of ether oxygens (including phenoxy) is 1. The van der Waals surface area contributed by atoms with Gasteiger partial charge in [0, 0.05) is 19.6 Å². The first-order chi connectivity index (χ1) is 16.1. The zero-order valence-corrected chi connectivity index (χ0v) is 20.2. The van der Waals surface area contributed by atoms with Crippen molar-refractivity contribution < 1.29 is 24.0 Å². The predicted molar refractivity (Wildman–Crippen MR) is 123 cm³/mol. The molecule has 2 bridgehead atoms. The number of carbonyl (C=O) groups is 3. The monoisotopic (exact) mass is 470 g/mol. The fraction of sp³-hybridized carbons (Fsp3) is 0.640. The van der Waals surface area contributed by atoms with Gasteiger partial charge in [0.2, 0.25) is 11.8 Å². The topological polar surface area (TPSA) is 91.4 Å². The number of hydrogen-bond donors (Lipinski definition) is 1. The lowest BCUT2D eigenvalue weighted by molar-refractivity contribution is -0.240. The van der Waals surface area contributed by atoms with Gasteiger partial charge in [0.15, 0.2) is 0 Å². The number of nitrogens with zero attached hydrogens (tertiary/aromatic N) is 3. The number of likely N-dealkylation sites (tertiary alicyclic amines) is 1. The van der Waals surface area contributed by atoms with Gasteiger partial charge in [-0.1, -0.05) is 30.3 Å². The maximum atomic E-state index is 13.2.